The van der Waals surface area contributed by atoms with Gasteiger partial charge in [-0.05, 0) is 25.0 Å². The summed E-state index contributed by atoms with van der Waals surface area (Å²) < 4.78 is 0. The number of aromatic nitrogens is 2. The Morgan fingerprint density at radius 1 is 1.24 bits per heavy atom. The average Bonchev–Trinajstić information content (AvgIpc) is 2.27. The Hall–Kier alpha value is -1.69. The molecule has 1 rings (SSSR count). The van der Waals surface area contributed by atoms with Crippen molar-refractivity contribution in [3.63, 3.8) is 0 Å². The van der Waals surface area contributed by atoms with Gasteiger partial charge in [-0.2, -0.15) is 0 Å². The van der Waals surface area contributed by atoms with Crippen molar-refractivity contribution < 1.29 is 14.7 Å². The second-order valence-electron chi connectivity index (χ2n) is 3.39. The Morgan fingerprint density at radius 2 is 1.94 bits per heavy atom. The molecule has 0 aliphatic carbocycles. The van der Waals surface area contributed by atoms with Crippen molar-refractivity contribution in [1.29, 1.82) is 0 Å². The van der Waals surface area contributed by atoms with Crippen LogP contribution in [0.25, 0.3) is 0 Å². The van der Waals surface area contributed by atoms with E-state index in [1.54, 1.807) is 6.07 Å². The third kappa shape index (κ3) is 5.82. The summed E-state index contributed by atoms with van der Waals surface area (Å²) in [6.45, 7) is 0. The number of aliphatic carboxylic acids is 1. The number of amides is 1. The average molecular weight is 258 g/mol. The Kier molecular flexibility index (Phi) is 5.35. The van der Waals surface area contributed by atoms with E-state index in [1.807, 2.05) is 0 Å². The summed E-state index contributed by atoms with van der Waals surface area (Å²) in [4.78, 5) is 21.6. The molecule has 0 saturated heterocycles. The first-order chi connectivity index (χ1) is 8.08. The zero-order valence-electron chi connectivity index (χ0n) is 9.02. The maximum absolute atomic E-state index is 11.4. The van der Waals surface area contributed by atoms with E-state index >= 15 is 0 Å². The fourth-order valence-corrected chi connectivity index (χ4v) is 1.25. The Bertz CT molecular complexity index is 394. The lowest BCUT2D eigenvalue weighted by Crippen LogP contribution is -2.12. The molecule has 92 valence electrons. The minimum atomic E-state index is -0.853. The van der Waals surface area contributed by atoms with Gasteiger partial charge in [-0.1, -0.05) is 11.6 Å². The molecule has 0 aliphatic rings. The van der Waals surface area contributed by atoms with Crippen molar-refractivity contribution in [3.05, 3.63) is 17.3 Å². The van der Waals surface area contributed by atoms with Crippen LogP contribution in [0.1, 0.15) is 25.7 Å². The van der Waals surface area contributed by atoms with Crippen LogP contribution in [-0.4, -0.2) is 27.2 Å². The van der Waals surface area contributed by atoms with Crippen molar-refractivity contribution in [2.75, 3.05) is 5.32 Å². The summed E-state index contributed by atoms with van der Waals surface area (Å²) in [5.41, 5.74) is 0. The molecule has 6 nitrogen and oxygen atoms in total. The summed E-state index contributed by atoms with van der Waals surface area (Å²) in [5, 5.41) is 18.4. The lowest BCUT2D eigenvalue weighted by Gasteiger charge is -2.02. The van der Waals surface area contributed by atoms with E-state index in [0.717, 1.165) is 0 Å². The van der Waals surface area contributed by atoms with E-state index in [1.165, 1.54) is 6.07 Å². The van der Waals surface area contributed by atoms with Gasteiger partial charge in [0.1, 0.15) is 0 Å². The quantitative estimate of drug-likeness (QED) is 0.757. The van der Waals surface area contributed by atoms with Crippen molar-refractivity contribution in [2.45, 2.75) is 25.7 Å². The van der Waals surface area contributed by atoms with Gasteiger partial charge in [0, 0.05) is 12.8 Å². The largest absolute Gasteiger partial charge is 0.481 e. The molecule has 0 fully saturated rings. The van der Waals surface area contributed by atoms with Crippen LogP contribution in [-0.2, 0) is 9.59 Å². The van der Waals surface area contributed by atoms with Gasteiger partial charge in [-0.3, -0.25) is 9.59 Å². The number of halogens is 1. The zero-order chi connectivity index (χ0) is 12.7. The van der Waals surface area contributed by atoms with Gasteiger partial charge in [0.25, 0.3) is 0 Å². The van der Waals surface area contributed by atoms with Crippen LogP contribution < -0.4 is 5.32 Å². The van der Waals surface area contributed by atoms with Gasteiger partial charge in [-0.25, -0.2) is 0 Å². The normalized spacial score (nSPS) is 9.94. The molecule has 0 aliphatic heterocycles. The summed E-state index contributed by atoms with van der Waals surface area (Å²) >= 11 is 5.54. The Morgan fingerprint density at radius 3 is 2.53 bits per heavy atom. The van der Waals surface area contributed by atoms with Crippen LogP contribution in [0.2, 0.25) is 5.15 Å². The van der Waals surface area contributed by atoms with E-state index in [9.17, 15) is 9.59 Å². The summed E-state index contributed by atoms with van der Waals surface area (Å²) in [7, 11) is 0. The SMILES string of the molecule is O=C(O)CCCCC(=O)Nc1ccc(Cl)nn1. The van der Waals surface area contributed by atoms with Gasteiger partial charge in [-0.15, -0.1) is 10.2 Å². The molecule has 1 amide bonds. The number of unbranched alkanes of at least 4 members (excludes halogenated alkanes) is 1. The molecule has 0 radical (unpaired) electrons. The zero-order valence-corrected chi connectivity index (χ0v) is 9.78. The summed E-state index contributed by atoms with van der Waals surface area (Å²) in [6, 6.07) is 3.07. The van der Waals surface area contributed by atoms with Crippen LogP contribution in [0.3, 0.4) is 0 Å². The molecule has 7 heteroatoms. The molecule has 0 aromatic carbocycles. The number of carbonyl (C=O) groups excluding carboxylic acids is 1. The van der Waals surface area contributed by atoms with Crippen LogP contribution in [0.4, 0.5) is 5.82 Å². The Labute approximate surface area is 103 Å². The molecular weight excluding hydrogens is 246 g/mol. The van der Waals surface area contributed by atoms with Crippen LogP contribution in [0, 0.1) is 0 Å². The van der Waals surface area contributed by atoms with Crippen LogP contribution in [0.15, 0.2) is 12.1 Å². The molecule has 2 N–H and O–H groups in total. The van der Waals surface area contributed by atoms with E-state index < -0.39 is 5.97 Å². The topological polar surface area (TPSA) is 92.2 Å². The number of anilines is 1. The molecule has 0 bridgehead atoms. The monoisotopic (exact) mass is 257 g/mol. The van der Waals surface area contributed by atoms with Crippen LogP contribution >= 0.6 is 11.6 Å². The third-order valence-corrected chi connectivity index (χ3v) is 2.15. The lowest BCUT2D eigenvalue weighted by molar-refractivity contribution is -0.137. The van der Waals surface area contributed by atoms with Crippen molar-refractivity contribution in [2.24, 2.45) is 0 Å². The second-order valence-corrected chi connectivity index (χ2v) is 3.78. The van der Waals surface area contributed by atoms with E-state index in [0.29, 0.717) is 18.7 Å². The highest BCUT2D eigenvalue weighted by molar-refractivity contribution is 6.29. The number of nitrogens with zero attached hydrogens (tertiary/aromatic N) is 2. The maximum atomic E-state index is 11.4. The van der Waals surface area contributed by atoms with Gasteiger partial charge >= 0.3 is 5.97 Å². The number of nitrogens with one attached hydrogen (secondary N) is 1. The fourth-order valence-electron chi connectivity index (χ4n) is 1.15. The minimum absolute atomic E-state index is 0.0774. The van der Waals surface area contributed by atoms with E-state index in [-0.39, 0.29) is 23.9 Å². The number of carboxylic acids is 1. The number of carboxylic acid groups (broad SMARTS) is 1. The molecule has 17 heavy (non-hydrogen) atoms. The van der Waals surface area contributed by atoms with E-state index in [2.05, 4.69) is 15.5 Å². The standard InChI is InChI=1S/C10H12ClN3O3/c11-7-5-6-8(14-13-7)12-9(15)3-1-2-4-10(16)17/h5-6H,1-4H2,(H,16,17)(H,12,14,15). The summed E-state index contributed by atoms with van der Waals surface area (Å²) in [6.07, 6.45) is 1.35. The minimum Gasteiger partial charge on any atom is -0.481 e. The molecule has 1 aromatic heterocycles. The molecule has 1 heterocycles. The third-order valence-electron chi connectivity index (χ3n) is 1.94. The molecule has 0 unspecified atom stereocenters. The highest BCUT2D eigenvalue weighted by Crippen LogP contribution is 2.07. The van der Waals surface area contributed by atoms with Gasteiger partial charge < -0.3 is 10.4 Å². The maximum Gasteiger partial charge on any atom is 0.303 e. The van der Waals surface area contributed by atoms with Crippen molar-refractivity contribution >= 4 is 29.3 Å². The highest BCUT2D eigenvalue weighted by Gasteiger charge is 2.04. The highest BCUT2D eigenvalue weighted by atomic mass is 35.5. The van der Waals surface area contributed by atoms with Crippen LogP contribution in [0.5, 0.6) is 0 Å². The molecular formula is C10H12ClN3O3. The first-order valence-corrected chi connectivity index (χ1v) is 5.46. The first kappa shape index (κ1) is 13.4. The smallest absolute Gasteiger partial charge is 0.303 e. The molecule has 0 saturated carbocycles. The predicted molar refractivity (Wildman–Crippen MR) is 61.8 cm³/mol. The van der Waals surface area contributed by atoms with Gasteiger partial charge in [0.05, 0.1) is 0 Å². The first-order valence-electron chi connectivity index (χ1n) is 5.09. The number of hydrogen-bond acceptors (Lipinski definition) is 4. The van der Waals surface area contributed by atoms with Gasteiger partial charge in [0.2, 0.25) is 5.91 Å². The fraction of sp³-hybridized carbons (Fsp3) is 0.400. The van der Waals surface area contributed by atoms with Crippen molar-refractivity contribution in [1.82, 2.24) is 10.2 Å². The Balaban J connectivity index is 2.25. The molecule has 1 aromatic rings. The lowest BCUT2D eigenvalue weighted by atomic mass is 10.2. The predicted octanol–water partition coefficient (Wildman–Crippen LogP) is 1.71. The van der Waals surface area contributed by atoms with Crippen molar-refractivity contribution in [3.8, 4) is 0 Å². The molecule has 0 atom stereocenters. The van der Waals surface area contributed by atoms with E-state index in [4.69, 9.17) is 16.7 Å². The van der Waals surface area contributed by atoms with Gasteiger partial charge in [0.15, 0.2) is 11.0 Å². The number of carbonyl (C=O) groups is 2. The number of rotatable bonds is 6. The summed E-state index contributed by atoms with van der Waals surface area (Å²) in [5.74, 6) is -0.737. The number of hydrogen-bond donors (Lipinski definition) is 2. The molecule has 0 spiro atoms. The second kappa shape index (κ2) is 6.80.